The van der Waals surface area contributed by atoms with E-state index in [4.69, 9.17) is 20.7 Å². The third kappa shape index (κ3) is 4.93. The number of carbonyl (C=O) groups excluding carboxylic acids is 1. The molecule has 0 bridgehead atoms. The zero-order valence-corrected chi connectivity index (χ0v) is 20.0. The second kappa shape index (κ2) is 9.79. The number of aliphatic hydroxyl groups excluding tert-OH is 2. The van der Waals surface area contributed by atoms with E-state index in [1.165, 1.54) is 17.2 Å². The Morgan fingerprint density at radius 2 is 2.05 bits per heavy atom. The highest BCUT2D eigenvalue weighted by molar-refractivity contribution is 7.46. The average Bonchev–Trinajstić information content (AvgIpc) is 3.55. The lowest BCUT2D eigenvalue weighted by Crippen LogP contribution is -2.36. The monoisotopic (exact) mass is 532 g/mol. The number of aromatic nitrogens is 5. The zero-order chi connectivity index (χ0) is 26.3. The Morgan fingerprint density at radius 3 is 2.86 bits per heavy atom. The highest BCUT2D eigenvalue weighted by Gasteiger charge is 2.45. The number of nitrogens with one attached hydrogen (secondary N) is 1. The SMILES string of the molecule is Nc1ncnc2c1ncn2[C@@H]1O[C@H](COP(=O)([O-])OC(=O)[C@@H](N)Cc2c[nH]c3ccccc23)[C@@H](O)[C@H]1O. The summed E-state index contributed by atoms with van der Waals surface area (Å²) in [5, 5.41) is 21.7. The van der Waals surface area contributed by atoms with Crippen LogP contribution in [0, 0.1) is 0 Å². The van der Waals surface area contributed by atoms with E-state index in [0.29, 0.717) is 5.56 Å². The van der Waals surface area contributed by atoms with Crippen molar-refractivity contribution >= 4 is 41.7 Å². The lowest BCUT2D eigenvalue weighted by Gasteiger charge is -2.25. The molecular formula is C21H23N7O8P-. The van der Waals surface area contributed by atoms with Gasteiger partial charge in [-0.05, 0) is 11.6 Å². The Labute approximate surface area is 208 Å². The van der Waals surface area contributed by atoms with Crippen LogP contribution in [-0.4, -0.2) is 71.6 Å². The first-order valence-electron chi connectivity index (χ1n) is 11.1. The van der Waals surface area contributed by atoms with Gasteiger partial charge in [-0.15, -0.1) is 0 Å². The predicted molar refractivity (Wildman–Crippen MR) is 125 cm³/mol. The highest BCUT2D eigenvalue weighted by Crippen LogP contribution is 2.41. The number of imidazole rings is 1. The van der Waals surface area contributed by atoms with Crippen molar-refractivity contribution in [2.45, 2.75) is 37.0 Å². The normalized spacial score (nSPS) is 24.3. The molecule has 4 heterocycles. The van der Waals surface area contributed by atoms with Gasteiger partial charge in [-0.3, -0.25) is 13.9 Å². The van der Waals surface area contributed by atoms with Crippen LogP contribution in [0.1, 0.15) is 11.8 Å². The number of carbonyl (C=O) groups is 1. The predicted octanol–water partition coefficient (Wildman–Crippen LogP) is -0.893. The summed E-state index contributed by atoms with van der Waals surface area (Å²) in [7, 11) is -5.18. The lowest BCUT2D eigenvalue weighted by atomic mass is 10.1. The molecule has 1 aliphatic rings. The van der Waals surface area contributed by atoms with Crippen LogP contribution < -0.4 is 16.4 Å². The van der Waals surface area contributed by atoms with E-state index in [2.05, 4.69) is 24.5 Å². The van der Waals surface area contributed by atoms with Gasteiger partial charge in [-0.2, -0.15) is 0 Å². The third-order valence-electron chi connectivity index (χ3n) is 6.01. The van der Waals surface area contributed by atoms with Crippen molar-refractivity contribution in [1.82, 2.24) is 24.5 Å². The van der Waals surface area contributed by atoms with Crippen molar-refractivity contribution in [2.75, 3.05) is 12.3 Å². The van der Waals surface area contributed by atoms with Gasteiger partial charge in [0.1, 0.15) is 36.2 Å². The first-order chi connectivity index (χ1) is 17.6. The van der Waals surface area contributed by atoms with Gasteiger partial charge in [0.15, 0.2) is 17.7 Å². The van der Waals surface area contributed by atoms with Crippen molar-refractivity contribution in [2.24, 2.45) is 5.73 Å². The molecule has 15 nitrogen and oxygen atoms in total. The van der Waals surface area contributed by atoms with Gasteiger partial charge in [-0.1, -0.05) is 18.2 Å². The van der Waals surface area contributed by atoms with Crippen molar-refractivity contribution in [3.8, 4) is 0 Å². The number of nitrogen functional groups attached to an aromatic ring is 1. The number of para-hydroxylation sites is 1. The Bertz CT molecular complexity index is 1490. The third-order valence-corrected chi connectivity index (χ3v) is 6.88. The number of nitrogens with zero attached hydrogens (tertiary/aromatic N) is 4. The standard InChI is InChI=1S/C21H24N7O8P/c22-12(5-10-6-24-13-4-2-1-3-11(10)13)21(31)36-37(32,33)34-7-14-16(29)17(30)20(35-14)28-9-27-15-18(23)25-8-26-19(15)28/h1-4,6,8-9,12,14,16-17,20,24,29-30H,5,7,22H2,(H,32,33)(H2,23,25,26)/p-1/t12-,14+,16+,17+,20+/m0/s1. The molecule has 1 fully saturated rings. The zero-order valence-electron chi connectivity index (χ0n) is 19.1. The van der Waals surface area contributed by atoms with Crippen LogP contribution >= 0.6 is 7.82 Å². The summed E-state index contributed by atoms with van der Waals surface area (Å²) in [6.07, 6.45) is -1.32. The molecule has 196 valence electrons. The number of hydrogen-bond acceptors (Lipinski definition) is 13. The molecule has 3 aromatic heterocycles. The summed E-state index contributed by atoms with van der Waals surface area (Å²) in [5.41, 5.74) is 13.7. The fourth-order valence-corrected chi connectivity index (χ4v) is 4.88. The van der Waals surface area contributed by atoms with E-state index in [0.717, 1.165) is 10.9 Å². The highest BCUT2D eigenvalue weighted by atomic mass is 31.2. The topological polar surface area (TPSA) is 237 Å². The van der Waals surface area contributed by atoms with Crippen LogP contribution in [0.15, 0.2) is 43.1 Å². The van der Waals surface area contributed by atoms with E-state index < -0.39 is 51.0 Å². The maximum atomic E-state index is 12.3. The second-order valence-corrected chi connectivity index (χ2v) is 9.79. The number of ether oxygens (including phenoxy) is 1. The number of phosphoric ester groups is 1. The molecule has 6 atom stereocenters. The van der Waals surface area contributed by atoms with Gasteiger partial charge in [0.25, 0.3) is 0 Å². The van der Waals surface area contributed by atoms with E-state index in [1.807, 2.05) is 24.3 Å². The molecule has 1 saturated heterocycles. The van der Waals surface area contributed by atoms with Gasteiger partial charge >= 0.3 is 13.8 Å². The molecule has 0 saturated carbocycles. The largest absolute Gasteiger partial charge is 0.746 e. The van der Waals surface area contributed by atoms with Gasteiger partial charge in [-0.25, -0.2) is 15.0 Å². The second-order valence-electron chi connectivity index (χ2n) is 8.45. The molecular weight excluding hydrogens is 509 g/mol. The van der Waals surface area contributed by atoms with Crippen LogP contribution in [0.2, 0.25) is 0 Å². The summed E-state index contributed by atoms with van der Waals surface area (Å²) in [6.45, 7) is -0.746. The maximum Gasteiger partial charge on any atom is 0.329 e. The first kappa shape index (κ1) is 25.2. The van der Waals surface area contributed by atoms with Crippen LogP contribution in [0.25, 0.3) is 22.1 Å². The number of nitrogens with two attached hydrogens (primary N) is 2. The molecule has 16 heteroatoms. The minimum Gasteiger partial charge on any atom is -0.746 e. The van der Waals surface area contributed by atoms with E-state index >= 15 is 0 Å². The van der Waals surface area contributed by atoms with Crippen LogP contribution in [0.5, 0.6) is 0 Å². The smallest absolute Gasteiger partial charge is 0.329 e. The van der Waals surface area contributed by atoms with E-state index in [9.17, 15) is 24.5 Å². The quantitative estimate of drug-likeness (QED) is 0.173. The molecule has 1 aliphatic heterocycles. The van der Waals surface area contributed by atoms with Crippen molar-refractivity contribution in [1.29, 1.82) is 0 Å². The fourth-order valence-electron chi connectivity index (χ4n) is 4.14. The lowest BCUT2D eigenvalue weighted by molar-refractivity contribution is -0.227. The van der Waals surface area contributed by atoms with Gasteiger partial charge in [0, 0.05) is 23.5 Å². The number of aliphatic hydroxyl groups is 2. The molecule has 37 heavy (non-hydrogen) atoms. The summed E-state index contributed by atoms with van der Waals surface area (Å²) in [6, 6.07) is 6.07. The van der Waals surface area contributed by atoms with E-state index in [-0.39, 0.29) is 23.4 Å². The Morgan fingerprint density at radius 1 is 1.27 bits per heavy atom. The Kier molecular flexibility index (Phi) is 6.68. The number of rotatable bonds is 8. The molecule has 0 radical (unpaired) electrons. The Hall–Kier alpha value is -3.43. The number of benzene rings is 1. The van der Waals surface area contributed by atoms with Gasteiger partial charge in [0.05, 0.1) is 12.9 Å². The number of hydrogen-bond donors (Lipinski definition) is 5. The van der Waals surface area contributed by atoms with Crippen LogP contribution in [0.4, 0.5) is 5.82 Å². The van der Waals surface area contributed by atoms with E-state index in [1.54, 1.807) is 6.20 Å². The molecule has 0 spiro atoms. The van der Waals surface area contributed by atoms with Crippen LogP contribution in [0.3, 0.4) is 0 Å². The van der Waals surface area contributed by atoms with Crippen molar-refractivity contribution < 1.29 is 38.3 Å². The molecule has 0 aliphatic carbocycles. The molecule has 7 N–H and O–H groups in total. The van der Waals surface area contributed by atoms with Crippen molar-refractivity contribution in [3.63, 3.8) is 0 Å². The average molecular weight is 532 g/mol. The summed E-state index contributed by atoms with van der Waals surface area (Å²) in [4.78, 5) is 39.6. The number of phosphoric acid groups is 1. The molecule has 1 aromatic carbocycles. The molecule has 1 unspecified atom stereocenters. The van der Waals surface area contributed by atoms with Crippen LogP contribution in [-0.2, 0) is 29.6 Å². The van der Waals surface area contributed by atoms with Crippen molar-refractivity contribution in [3.05, 3.63) is 48.7 Å². The summed E-state index contributed by atoms with van der Waals surface area (Å²) < 4.78 is 28.5. The summed E-state index contributed by atoms with van der Waals surface area (Å²) >= 11 is 0. The molecule has 0 amide bonds. The maximum absolute atomic E-state index is 12.3. The fraction of sp³-hybridized carbons (Fsp3) is 0.333. The summed E-state index contributed by atoms with van der Waals surface area (Å²) in [5.74, 6) is -1.11. The number of H-pyrrole nitrogens is 1. The molecule has 4 aromatic rings. The van der Waals surface area contributed by atoms with Gasteiger partial charge in [0.2, 0.25) is 0 Å². The van der Waals surface area contributed by atoms with Gasteiger partial charge < -0.3 is 45.3 Å². The number of fused-ring (bicyclic) bond motifs is 2. The molecule has 5 rings (SSSR count). The Balaban J connectivity index is 1.19. The number of aromatic amines is 1. The first-order valence-corrected chi connectivity index (χ1v) is 12.5. The number of anilines is 1. The minimum absolute atomic E-state index is 0.0219. The minimum atomic E-state index is -5.18.